The van der Waals surface area contributed by atoms with Gasteiger partial charge in [0.1, 0.15) is 23.2 Å². The Kier molecular flexibility index (Phi) is 8.02. The van der Waals surface area contributed by atoms with Gasteiger partial charge in [0.25, 0.3) is 0 Å². The third kappa shape index (κ3) is 6.19. The molecule has 1 aliphatic heterocycles. The number of esters is 3. The van der Waals surface area contributed by atoms with E-state index in [1.165, 1.54) is 25.4 Å². The molecule has 2 aromatic rings. The Labute approximate surface area is 196 Å². The first-order valence-corrected chi connectivity index (χ1v) is 11.0. The van der Waals surface area contributed by atoms with Crippen LogP contribution in [0.2, 0.25) is 0 Å². The summed E-state index contributed by atoms with van der Waals surface area (Å²) in [5, 5.41) is 0. The molecule has 1 aromatic heterocycles. The van der Waals surface area contributed by atoms with Crippen molar-refractivity contribution in [3.63, 3.8) is 0 Å². The Balaban J connectivity index is 1.91. The van der Waals surface area contributed by atoms with Gasteiger partial charge in [-0.1, -0.05) is 0 Å². The van der Waals surface area contributed by atoms with E-state index < -0.39 is 64.7 Å². The van der Waals surface area contributed by atoms with Gasteiger partial charge in [-0.05, 0) is 6.07 Å². The molecule has 1 saturated heterocycles. The quantitative estimate of drug-likeness (QED) is 0.437. The van der Waals surface area contributed by atoms with Crippen molar-refractivity contribution in [3.05, 3.63) is 48.0 Å². The molecule has 0 N–H and O–H groups in total. The van der Waals surface area contributed by atoms with E-state index in [4.69, 9.17) is 18.9 Å². The van der Waals surface area contributed by atoms with Gasteiger partial charge >= 0.3 is 17.9 Å². The molecular weight excluding hydrogens is 479 g/mol. The molecule has 0 saturated carbocycles. The van der Waals surface area contributed by atoms with Crippen LogP contribution in [0.5, 0.6) is 5.75 Å². The van der Waals surface area contributed by atoms with Crippen LogP contribution >= 0.6 is 11.8 Å². The number of aromatic nitrogens is 1. The predicted molar refractivity (Wildman–Crippen MR) is 113 cm³/mol. The van der Waals surface area contributed by atoms with Gasteiger partial charge in [-0.15, -0.1) is 11.8 Å². The number of halogens is 3. The monoisotopic (exact) mass is 499 g/mol. The van der Waals surface area contributed by atoms with Gasteiger partial charge in [0.2, 0.25) is 0 Å². The molecule has 34 heavy (non-hydrogen) atoms. The second-order valence-electron chi connectivity index (χ2n) is 7.27. The molecule has 1 aromatic carbocycles. The van der Waals surface area contributed by atoms with E-state index in [2.05, 4.69) is 4.98 Å². The first kappa shape index (κ1) is 25.3. The number of thioether (sulfide) groups is 1. The fourth-order valence-electron chi connectivity index (χ4n) is 3.38. The maximum Gasteiger partial charge on any atom is 0.303 e. The van der Waals surface area contributed by atoms with Crippen LogP contribution in [0.3, 0.4) is 0 Å². The summed E-state index contributed by atoms with van der Waals surface area (Å²) >= 11 is 1.11. The molecule has 8 nitrogen and oxygen atoms in total. The summed E-state index contributed by atoms with van der Waals surface area (Å²) in [7, 11) is 0. The fraction of sp³-hybridized carbons (Fsp3) is 0.364. The minimum atomic E-state index is -1.19. The van der Waals surface area contributed by atoms with E-state index >= 15 is 0 Å². The van der Waals surface area contributed by atoms with Gasteiger partial charge in [0, 0.05) is 50.4 Å². The average Bonchev–Trinajstić information content (AvgIpc) is 2.71. The van der Waals surface area contributed by atoms with Gasteiger partial charge in [0.15, 0.2) is 23.7 Å². The largest absolute Gasteiger partial charge is 0.474 e. The highest BCUT2D eigenvalue weighted by molar-refractivity contribution is 7.99. The maximum absolute atomic E-state index is 14.2. The smallest absolute Gasteiger partial charge is 0.303 e. The Morgan fingerprint density at radius 2 is 1.47 bits per heavy atom. The first-order valence-electron chi connectivity index (χ1n) is 9.95. The molecule has 1 aliphatic rings. The SMILES string of the molecule is CC(=O)O[C@H]1[C@H](OC(C)=O)CSC(Oc2cncc(-c3c(F)cc(F)cc3F)c2)[C@@H]1OC(C)=O. The van der Waals surface area contributed by atoms with Crippen molar-refractivity contribution in [1.29, 1.82) is 0 Å². The molecule has 0 amide bonds. The number of hydrogen-bond acceptors (Lipinski definition) is 9. The van der Waals surface area contributed by atoms with Crippen molar-refractivity contribution in [3.8, 4) is 16.9 Å². The summed E-state index contributed by atoms with van der Waals surface area (Å²) in [5.74, 6) is -5.17. The normalized spacial score (nSPS) is 21.9. The van der Waals surface area contributed by atoms with Gasteiger partial charge in [0.05, 0.1) is 11.8 Å². The lowest BCUT2D eigenvalue weighted by Crippen LogP contribution is -2.55. The van der Waals surface area contributed by atoms with Crippen LogP contribution in [0.4, 0.5) is 13.2 Å². The van der Waals surface area contributed by atoms with Crippen LogP contribution < -0.4 is 4.74 Å². The van der Waals surface area contributed by atoms with Gasteiger partial charge in [-0.2, -0.15) is 0 Å². The highest BCUT2D eigenvalue weighted by Gasteiger charge is 2.47. The Bertz CT molecular complexity index is 1080. The number of nitrogens with zero attached hydrogens (tertiary/aromatic N) is 1. The topological polar surface area (TPSA) is 101 Å². The van der Waals surface area contributed by atoms with Crippen molar-refractivity contribution < 1.29 is 46.5 Å². The standard InChI is InChI=1S/C22H20F3NO7S/c1-10(27)30-18-9-34-22(21(32-12(3)29)20(18)31-11(2)28)33-15-4-13(7-26-8-15)19-16(24)5-14(23)6-17(19)25/h4-8,18,20-22H,9H2,1-3H3/t18-,20+,21-,22?/m1/s1. The number of benzene rings is 1. The van der Waals surface area contributed by atoms with Crippen molar-refractivity contribution in [1.82, 2.24) is 4.98 Å². The third-order valence-corrected chi connectivity index (χ3v) is 5.78. The van der Waals surface area contributed by atoms with E-state index in [-0.39, 0.29) is 17.1 Å². The Morgan fingerprint density at radius 1 is 0.882 bits per heavy atom. The van der Waals surface area contributed by atoms with Crippen LogP contribution in [0.1, 0.15) is 20.8 Å². The average molecular weight is 499 g/mol. The number of carbonyl (C=O) groups is 3. The number of ether oxygens (including phenoxy) is 4. The molecule has 1 fully saturated rings. The van der Waals surface area contributed by atoms with Crippen molar-refractivity contribution in [2.75, 3.05) is 5.75 Å². The van der Waals surface area contributed by atoms with Crippen molar-refractivity contribution in [2.24, 2.45) is 0 Å². The van der Waals surface area contributed by atoms with Crippen LogP contribution in [0, 0.1) is 17.5 Å². The molecule has 4 atom stereocenters. The Morgan fingerprint density at radius 3 is 2.06 bits per heavy atom. The van der Waals surface area contributed by atoms with Crippen LogP contribution in [0.15, 0.2) is 30.6 Å². The summed E-state index contributed by atoms with van der Waals surface area (Å²) in [6.07, 6.45) is -0.843. The molecule has 0 aliphatic carbocycles. The summed E-state index contributed by atoms with van der Waals surface area (Å²) in [6.45, 7) is 3.47. The van der Waals surface area contributed by atoms with E-state index in [1.54, 1.807) is 0 Å². The molecular formula is C22H20F3NO7S. The lowest BCUT2D eigenvalue weighted by atomic mass is 10.1. The first-order chi connectivity index (χ1) is 16.0. The second-order valence-corrected chi connectivity index (χ2v) is 8.40. The maximum atomic E-state index is 14.2. The highest BCUT2D eigenvalue weighted by Crippen LogP contribution is 2.35. The zero-order valence-electron chi connectivity index (χ0n) is 18.3. The zero-order chi connectivity index (χ0) is 25.0. The van der Waals surface area contributed by atoms with Gasteiger partial charge < -0.3 is 18.9 Å². The molecule has 2 heterocycles. The number of pyridine rings is 1. The summed E-state index contributed by atoms with van der Waals surface area (Å²) < 4.78 is 63.4. The van der Waals surface area contributed by atoms with Crippen LogP contribution in [-0.2, 0) is 28.6 Å². The minimum absolute atomic E-state index is 0.0216. The lowest BCUT2D eigenvalue weighted by Gasteiger charge is -2.39. The number of hydrogen-bond donors (Lipinski definition) is 0. The highest BCUT2D eigenvalue weighted by atomic mass is 32.2. The van der Waals surface area contributed by atoms with E-state index in [1.807, 2.05) is 0 Å². The van der Waals surface area contributed by atoms with Crippen LogP contribution in [0.25, 0.3) is 11.1 Å². The molecule has 1 unspecified atom stereocenters. The van der Waals surface area contributed by atoms with Gasteiger partial charge in [-0.25, -0.2) is 13.2 Å². The Hall–Kier alpha value is -3.28. The molecule has 0 radical (unpaired) electrons. The molecule has 0 spiro atoms. The van der Waals surface area contributed by atoms with E-state index in [0.29, 0.717) is 12.1 Å². The van der Waals surface area contributed by atoms with Crippen molar-refractivity contribution in [2.45, 2.75) is 44.5 Å². The lowest BCUT2D eigenvalue weighted by molar-refractivity contribution is -0.186. The number of carbonyl (C=O) groups excluding carboxylic acids is 3. The zero-order valence-corrected chi connectivity index (χ0v) is 19.1. The van der Waals surface area contributed by atoms with Crippen LogP contribution in [-0.4, -0.2) is 52.4 Å². The molecule has 182 valence electrons. The summed E-state index contributed by atoms with van der Waals surface area (Å²) in [5.41, 5.74) is -1.48. The molecule has 3 rings (SSSR count). The van der Waals surface area contributed by atoms with Gasteiger partial charge in [-0.3, -0.25) is 19.4 Å². The second kappa shape index (κ2) is 10.8. The summed E-state index contributed by atoms with van der Waals surface area (Å²) in [6, 6.07) is 2.35. The van der Waals surface area contributed by atoms with Crippen molar-refractivity contribution >= 4 is 29.7 Å². The fourth-order valence-corrected chi connectivity index (χ4v) is 4.60. The van der Waals surface area contributed by atoms with E-state index in [0.717, 1.165) is 25.6 Å². The molecule has 0 bridgehead atoms. The number of rotatable bonds is 6. The summed E-state index contributed by atoms with van der Waals surface area (Å²) in [4.78, 5) is 38.8. The van der Waals surface area contributed by atoms with E-state index in [9.17, 15) is 27.6 Å². The minimum Gasteiger partial charge on any atom is -0.474 e. The third-order valence-electron chi connectivity index (χ3n) is 4.57. The molecule has 12 heteroatoms. The predicted octanol–water partition coefficient (Wildman–Crippen LogP) is 3.41.